The summed E-state index contributed by atoms with van der Waals surface area (Å²) in [4.78, 5) is 18.6. The predicted molar refractivity (Wildman–Crippen MR) is 88.0 cm³/mol. The largest absolute Gasteiger partial charge is 0.397 e. The Morgan fingerprint density at radius 3 is 2.59 bits per heavy atom. The molecule has 2 N–H and O–H groups in total. The topological polar surface area (TPSA) is 59.2 Å². The van der Waals surface area contributed by atoms with Gasteiger partial charge < -0.3 is 10.6 Å². The van der Waals surface area contributed by atoms with Gasteiger partial charge >= 0.3 is 0 Å². The Hall–Kier alpha value is -1.78. The van der Waals surface area contributed by atoms with Crippen LogP contribution in [-0.4, -0.2) is 21.8 Å². The van der Waals surface area contributed by atoms with Gasteiger partial charge in [0, 0.05) is 12.6 Å². The molecule has 1 aliphatic rings. The standard InChI is InChI=1S/C16H15Cl2N3O/c17-13-5-1-10(7-14(13)18)9-21(12-3-4-12)16(22)15-6-2-11(19)8-20-15/h1-2,5-8,12H,3-4,9,19H2. The first kappa shape index (κ1) is 15.1. The number of carbonyl (C=O) groups excluding carboxylic acids is 1. The van der Waals surface area contributed by atoms with E-state index in [4.69, 9.17) is 28.9 Å². The first-order valence-corrected chi connectivity index (χ1v) is 7.76. The summed E-state index contributed by atoms with van der Waals surface area (Å²) in [6.45, 7) is 0.493. The third kappa shape index (κ3) is 3.34. The number of anilines is 1. The molecule has 0 bridgehead atoms. The van der Waals surface area contributed by atoms with Gasteiger partial charge in [0.1, 0.15) is 5.69 Å². The lowest BCUT2D eigenvalue weighted by molar-refractivity contribution is 0.0724. The second-order valence-electron chi connectivity index (χ2n) is 5.39. The number of rotatable bonds is 4. The zero-order valence-electron chi connectivity index (χ0n) is 11.8. The van der Waals surface area contributed by atoms with Crippen molar-refractivity contribution < 1.29 is 4.79 Å². The highest BCUT2D eigenvalue weighted by Gasteiger charge is 2.33. The highest BCUT2D eigenvalue weighted by molar-refractivity contribution is 6.42. The molecule has 1 heterocycles. The van der Waals surface area contributed by atoms with E-state index in [2.05, 4.69) is 4.98 Å². The number of nitrogen functional groups attached to an aromatic ring is 1. The average molecular weight is 336 g/mol. The number of halogens is 2. The Balaban J connectivity index is 1.82. The monoisotopic (exact) mass is 335 g/mol. The second-order valence-corrected chi connectivity index (χ2v) is 6.20. The van der Waals surface area contributed by atoms with Crippen molar-refractivity contribution in [3.63, 3.8) is 0 Å². The summed E-state index contributed by atoms with van der Waals surface area (Å²) in [6.07, 6.45) is 3.53. The van der Waals surface area contributed by atoms with E-state index >= 15 is 0 Å². The number of nitrogens with two attached hydrogens (primary N) is 1. The number of benzene rings is 1. The van der Waals surface area contributed by atoms with Gasteiger partial charge in [0.2, 0.25) is 0 Å². The van der Waals surface area contributed by atoms with Gasteiger partial charge in [-0.05, 0) is 42.7 Å². The SMILES string of the molecule is Nc1ccc(C(=O)N(Cc2ccc(Cl)c(Cl)c2)C2CC2)nc1. The number of hydrogen-bond acceptors (Lipinski definition) is 3. The van der Waals surface area contributed by atoms with Crippen molar-refractivity contribution in [1.82, 2.24) is 9.88 Å². The highest BCUT2D eigenvalue weighted by Crippen LogP contribution is 2.31. The van der Waals surface area contributed by atoms with E-state index in [0.717, 1.165) is 18.4 Å². The fourth-order valence-electron chi connectivity index (χ4n) is 2.27. The van der Waals surface area contributed by atoms with Crippen LogP contribution in [0.3, 0.4) is 0 Å². The summed E-state index contributed by atoms with van der Waals surface area (Å²) >= 11 is 12.0. The summed E-state index contributed by atoms with van der Waals surface area (Å²) < 4.78 is 0. The Bertz CT molecular complexity index is 699. The molecule has 1 amide bonds. The van der Waals surface area contributed by atoms with Crippen LogP contribution in [0.4, 0.5) is 5.69 Å². The lowest BCUT2D eigenvalue weighted by Crippen LogP contribution is -2.33. The molecular weight excluding hydrogens is 321 g/mol. The molecule has 114 valence electrons. The van der Waals surface area contributed by atoms with Crippen molar-refractivity contribution in [3.8, 4) is 0 Å². The number of pyridine rings is 1. The van der Waals surface area contributed by atoms with E-state index in [-0.39, 0.29) is 11.9 Å². The molecule has 1 aromatic carbocycles. The molecule has 2 aromatic rings. The Labute approximate surface area is 138 Å². The molecule has 3 rings (SSSR count). The fraction of sp³-hybridized carbons (Fsp3) is 0.250. The maximum atomic E-state index is 12.7. The van der Waals surface area contributed by atoms with Crippen LogP contribution in [-0.2, 0) is 6.54 Å². The fourth-order valence-corrected chi connectivity index (χ4v) is 2.59. The van der Waals surface area contributed by atoms with Crippen LogP contribution in [0.25, 0.3) is 0 Å². The zero-order valence-corrected chi connectivity index (χ0v) is 13.3. The molecule has 1 fully saturated rings. The third-order valence-corrected chi connectivity index (χ3v) is 4.33. The molecule has 0 spiro atoms. The first-order chi connectivity index (χ1) is 10.5. The van der Waals surface area contributed by atoms with Crippen molar-refractivity contribution in [2.75, 3.05) is 5.73 Å². The quantitative estimate of drug-likeness (QED) is 0.924. The van der Waals surface area contributed by atoms with Crippen molar-refractivity contribution in [1.29, 1.82) is 0 Å². The van der Waals surface area contributed by atoms with Gasteiger partial charge in [-0.2, -0.15) is 0 Å². The molecule has 0 radical (unpaired) electrons. The molecule has 1 aromatic heterocycles. The predicted octanol–water partition coefficient (Wildman–Crippen LogP) is 3.78. The van der Waals surface area contributed by atoms with Gasteiger partial charge in [-0.25, -0.2) is 4.98 Å². The lowest BCUT2D eigenvalue weighted by atomic mass is 10.2. The molecule has 0 saturated heterocycles. The Morgan fingerprint density at radius 1 is 1.23 bits per heavy atom. The molecule has 0 aliphatic heterocycles. The van der Waals surface area contributed by atoms with E-state index in [0.29, 0.717) is 28.0 Å². The number of carbonyl (C=O) groups is 1. The minimum absolute atomic E-state index is 0.0893. The van der Waals surface area contributed by atoms with Crippen molar-refractivity contribution in [2.24, 2.45) is 0 Å². The van der Waals surface area contributed by atoms with Gasteiger partial charge in [-0.15, -0.1) is 0 Å². The first-order valence-electron chi connectivity index (χ1n) is 7.01. The van der Waals surface area contributed by atoms with Crippen LogP contribution >= 0.6 is 23.2 Å². The summed E-state index contributed by atoms with van der Waals surface area (Å²) in [5.41, 5.74) is 7.51. The molecule has 1 aliphatic carbocycles. The molecular formula is C16H15Cl2N3O. The summed E-state index contributed by atoms with van der Waals surface area (Å²) in [7, 11) is 0. The van der Waals surface area contributed by atoms with Crippen LogP contribution in [0, 0.1) is 0 Å². The average Bonchev–Trinajstić information content (AvgIpc) is 3.33. The van der Waals surface area contributed by atoms with Crippen LogP contribution in [0.15, 0.2) is 36.5 Å². The van der Waals surface area contributed by atoms with Gasteiger partial charge in [-0.1, -0.05) is 29.3 Å². The van der Waals surface area contributed by atoms with Crippen molar-refractivity contribution >= 4 is 34.8 Å². The van der Waals surface area contributed by atoms with Crippen LogP contribution in [0.1, 0.15) is 28.9 Å². The summed E-state index contributed by atoms with van der Waals surface area (Å²) in [6, 6.07) is 9.03. The maximum Gasteiger partial charge on any atom is 0.272 e. The molecule has 1 saturated carbocycles. The lowest BCUT2D eigenvalue weighted by Gasteiger charge is -2.22. The van der Waals surface area contributed by atoms with Crippen molar-refractivity contribution in [3.05, 3.63) is 57.8 Å². The van der Waals surface area contributed by atoms with Crippen LogP contribution < -0.4 is 5.73 Å². The van der Waals surface area contributed by atoms with E-state index in [1.54, 1.807) is 24.3 Å². The third-order valence-electron chi connectivity index (χ3n) is 3.59. The number of amides is 1. The normalized spacial score (nSPS) is 13.9. The minimum Gasteiger partial charge on any atom is -0.397 e. The van der Waals surface area contributed by atoms with E-state index in [9.17, 15) is 4.79 Å². The second kappa shape index (κ2) is 6.15. The number of aromatic nitrogens is 1. The maximum absolute atomic E-state index is 12.7. The smallest absolute Gasteiger partial charge is 0.272 e. The molecule has 6 heteroatoms. The summed E-state index contributed by atoms with van der Waals surface area (Å²) in [5, 5.41) is 1.00. The van der Waals surface area contributed by atoms with Crippen LogP contribution in [0.2, 0.25) is 10.0 Å². The van der Waals surface area contributed by atoms with Gasteiger partial charge in [0.25, 0.3) is 5.91 Å². The van der Waals surface area contributed by atoms with Gasteiger partial charge in [0.05, 0.1) is 21.9 Å². The summed E-state index contributed by atoms with van der Waals surface area (Å²) in [5.74, 6) is -0.0893. The van der Waals surface area contributed by atoms with Gasteiger partial charge in [-0.3, -0.25) is 4.79 Å². The van der Waals surface area contributed by atoms with E-state index in [1.807, 2.05) is 11.0 Å². The Morgan fingerprint density at radius 2 is 2.00 bits per heavy atom. The zero-order chi connectivity index (χ0) is 15.7. The molecule has 4 nitrogen and oxygen atoms in total. The van der Waals surface area contributed by atoms with Gasteiger partial charge in [0.15, 0.2) is 0 Å². The molecule has 0 atom stereocenters. The van der Waals surface area contributed by atoms with Crippen molar-refractivity contribution in [2.45, 2.75) is 25.4 Å². The number of nitrogens with zero attached hydrogens (tertiary/aromatic N) is 2. The Kier molecular flexibility index (Phi) is 4.23. The van der Waals surface area contributed by atoms with Crippen LogP contribution in [0.5, 0.6) is 0 Å². The van der Waals surface area contributed by atoms with E-state index in [1.165, 1.54) is 6.20 Å². The number of hydrogen-bond donors (Lipinski definition) is 1. The van der Waals surface area contributed by atoms with E-state index < -0.39 is 0 Å². The highest BCUT2D eigenvalue weighted by atomic mass is 35.5. The molecule has 0 unspecified atom stereocenters. The molecule has 22 heavy (non-hydrogen) atoms. The minimum atomic E-state index is -0.0893.